The summed E-state index contributed by atoms with van der Waals surface area (Å²) in [5, 5.41) is 9.11. The predicted molar refractivity (Wildman–Crippen MR) is 45.2 cm³/mol. The standard InChI is InChI=1S/C7H8O5S/c8-6-3-1-2-4-7(6)12-5-13(9,10)11/h1-4,8H,5H2,(H,9,10,11). The minimum atomic E-state index is -4.17. The van der Waals surface area contributed by atoms with E-state index in [0.717, 1.165) is 0 Å². The lowest BCUT2D eigenvalue weighted by molar-refractivity contribution is 0.332. The molecule has 0 heterocycles. The molecule has 0 aliphatic carbocycles. The van der Waals surface area contributed by atoms with Gasteiger partial charge in [-0.25, -0.2) is 0 Å². The van der Waals surface area contributed by atoms with Gasteiger partial charge in [-0.15, -0.1) is 0 Å². The zero-order chi connectivity index (χ0) is 9.90. The van der Waals surface area contributed by atoms with Crippen LogP contribution in [0.3, 0.4) is 0 Å². The number of aromatic hydroxyl groups is 1. The van der Waals surface area contributed by atoms with E-state index in [1.54, 1.807) is 12.1 Å². The summed E-state index contributed by atoms with van der Waals surface area (Å²) in [6.45, 7) is 0. The first-order chi connectivity index (χ1) is 5.99. The van der Waals surface area contributed by atoms with Crippen LogP contribution in [-0.4, -0.2) is 24.0 Å². The van der Waals surface area contributed by atoms with Crippen molar-refractivity contribution < 1.29 is 22.8 Å². The van der Waals surface area contributed by atoms with Crippen molar-refractivity contribution in [1.29, 1.82) is 0 Å². The number of benzene rings is 1. The van der Waals surface area contributed by atoms with Crippen molar-refractivity contribution in [3.05, 3.63) is 24.3 Å². The van der Waals surface area contributed by atoms with Gasteiger partial charge in [0.2, 0.25) is 5.94 Å². The van der Waals surface area contributed by atoms with Crippen molar-refractivity contribution in [1.82, 2.24) is 0 Å². The highest BCUT2D eigenvalue weighted by Crippen LogP contribution is 2.24. The Bertz CT molecular complexity index is 384. The van der Waals surface area contributed by atoms with E-state index in [9.17, 15) is 8.42 Å². The molecule has 1 aromatic carbocycles. The fraction of sp³-hybridized carbons (Fsp3) is 0.143. The summed E-state index contributed by atoms with van der Waals surface area (Å²) in [5.41, 5.74) is 0. The van der Waals surface area contributed by atoms with Crippen molar-refractivity contribution in [2.24, 2.45) is 0 Å². The van der Waals surface area contributed by atoms with E-state index in [1.807, 2.05) is 0 Å². The number of rotatable bonds is 3. The highest BCUT2D eigenvalue weighted by molar-refractivity contribution is 7.85. The van der Waals surface area contributed by atoms with Crippen molar-refractivity contribution in [3.8, 4) is 11.5 Å². The van der Waals surface area contributed by atoms with E-state index in [4.69, 9.17) is 9.66 Å². The smallest absolute Gasteiger partial charge is 0.300 e. The Kier molecular flexibility index (Phi) is 2.74. The lowest BCUT2D eigenvalue weighted by Crippen LogP contribution is -2.10. The number of para-hydroxylation sites is 2. The molecular formula is C7H8O5S. The number of ether oxygens (including phenoxy) is 1. The van der Waals surface area contributed by atoms with Crippen molar-refractivity contribution in [2.45, 2.75) is 0 Å². The van der Waals surface area contributed by atoms with E-state index in [1.165, 1.54) is 12.1 Å². The molecule has 72 valence electrons. The quantitative estimate of drug-likeness (QED) is 0.705. The van der Waals surface area contributed by atoms with Crippen molar-refractivity contribution in [2.75, 3.05) is 5.94 Å². The maximum absolute atomic E-state index is 10.3. The van der Waals surface area contributed by atoms with E-state index in [0.29, 0.717) is 0 Å². The first-order valence-corrected chi connectivity index (χ1v) is 4.96. The number of hydrogen-bond donors (Lipinski definition) is 2. The van der Waals surface area contributed by atoms with Crippen LogP contribution in [0.25, 0.3) is 0 Å². The van der Waals surface area contributed by atoms with Gasteiger partial charge in [0.05, 0.1) is 0 Å². The molecule has 0 bridgehead atoms. The molecule has 5 nitrogen and oxygen atoms in total. The second kappa shape index (κ2) is 3.63. The Morgan fingerprint density at radius 3 is 2.46 bits per heavy atom. The van der Waals surface area contributed by atoms with Crippen LogP contribution in [-0.2, 0) is 10.1 Å². The molecule has 0 atom stereocenters. The van der Waals surface area contributed by atoms with Crippen LogP contribution in [0.1, 0.15) is 0 Å². The van der Waals surface area contributed by atoms with Gasteiger partial charge in [-0.05, 0) is 12.1 Å². The SMILES string of the molecule is O=S(=O)(O)COc1ccccc1O. The molecule has 0 saturated heterocycles. The van der Waals surface area contributed by atoms with Crippen molar-refractivity contribution >= 4 is 10.1 Å². The molecule has 0 spiro atoms. The zero-order valence-electron chi connectivity index (χ0n) is 6.54. The molecule has 2 N–H and O–H groups in total. The Hall–Kier alpha value is -1.27. The topological polar surface area (TPSA) is 83.8 Å². The van der Waals surface area contributed by atoms with Crippen LogP contribution in [0, 0.1) is 0 Å². The largest absolute Gasteiger partial charge is 0.504 e. The highest BCUT2D eigenvalue weighted by atomic mass is 32.2. The van der Waals surface area contributed by atoms with Crippen LogP contribution < -0.4 is 4.74 Å². The van der Waals surface area contributed by atoms with Gasteiger partial charge >= 0.3 is 10.1 Å². The lowest BCUT2D eigenvalue weighted by Gasteiger charge is -2.04. The first-order valence-electron chi connectivity index (χ1n) is 3.35. The fourth-order valence-electron chi connectivity index (χ4n) is 0.717. The fourth-order valence-corrected chi connectivity index (χ4v) is 0.993. The van der Waals surface area contributed by atoms with Crippen LogP contribution in [0.15, 0.2) is 24.3 Å². The van der Waals surface area contributed by atoms with Gasteiger partial charge in [0.15, 0.2) is 11.5 Å². The zero-order valence-corrected chi connectivity index (χ0v) is 7.36. The third-order valence-electron chi connectivity index (χ3n) is 1.23. The summed E-state index contributed by atoms with van der Waals surface area (Å²) in [4.78, 5) is 0. The van der Waals surface area contributed by atoms with Crippen LogP contribution in [0.2, 0.25) is 0 Å². The van der Waals surface area contributed by atoms with Crippen LogP contribution >= 0.6 is 0 Å². The molecule has 6 heteroatoms. The third-order valence-corrected chi connectivity index (χ3v) is 1.64. The Labute approximate surface area is 75.3 Å². The monoisotopic (exact) mass is 204 g/mol. The van der Waals surface area contributed by atoms with E-state index >= 15 is 0 Å². The second-order valence-corrected chi connectivity index (χ2v) is 3.71. The van der Waals surface area contributed by atoms with Gasteiger partial charge in [-0.2, -0.15) is 8.42 Å². The molecular weight excluding hydrogens is 196 g/mol. The normalized spacial score (nSPS) is 11.2. The number of phenols is 1. The van der Waals surface area contributed by atoms with Crippen LogP contribution in [0.4, 0.5) is 0 Å². The van der Waals surface area contributed by atoms with Crippen molar-refractivity contribution in [3.63, 3.8) is 0 Å². The first kappa shape index (κ1) is 9.82. The molecule has 1 rings (SSSR count). The molecule has 0 unspecified atom stereocenters. The minimum absolute atomic E-state index is 0.0140. The molecule has 0 radical (unpaired) electrons. The van der Waals surface area contributed by atoms with E-state index in [2.05, 4.69) is 4.74 Å². The maximum Gasteiger partial charge on any atom is 0.300 e. The Morgan fingerprint density at radius 2 is 1.92 bits per heavy atom. The van der Waals surface area contributed by atoms with Gasteiger partial charge in [0.25, 0.3) is 0 Å². The molecule has 0 aromatic heterocycles. The summed E-state index contributed by atoms with van der Waals surface area (Å²) in [6, 6.07) is 5.87. The third kappa shape index (κ3) is 3.30. The van der Waals surface area contributed by atoms with Gasteiger partial charge in [-0.1, -0.05) is 12.1 Å². The highest BCUT2D eigenvalue weighted by Gasteiger charge is 2.07. The Morgan fingerprint density at radius 1 is 1.31 bits per heavy atom. The average Bonchev–Trinajstić information content (AvgIpc) is 2.01. The molecule has 0 amide bonds. The molecule has 0 aliphatic rings. The van der Waals surface area contributed by atoms with Gasteiger partial charge in [-0.3, -0.25) is 4.55 Å². The second-order valence-electron chi connectivity index (χ2n) is 2.31. The molecule has 0 aliphatic heterocycles. The predicted octanol–water partition coefficient (Wildman–Crippen LogP) is 0.616. The summed E-state index contributed by atoms with van der Waals surface area (Å²) >= 11 is 0. The van der Waals surface area contributed by atoms with Crippen LogP contribution in [0.5, 0.6) is 11.5 Å². The molecule has 1 aromatic rings. The maximum atomic E-state index is 10.3. The lowest BCUT2D eigenvalue weighted by atomic mass is 10.3. The average molecular weight is 204 g/mol. The van der Waals surface area contributed by atoms with Gasteiger partial charge in [0.1, 0.15) is 0 Å². The minimum Gasteiger partial charge on any atom is -0.504 e. The number of hydrogen-bond acceptors (Lipinski definition) is 4. The molecule has 0 saturated carbocycles. The van der Waals surface area contributed by atoms with E-state index < -0.39 is 16.1 Å². The van der Waals surface area contributed by atoms with Gasteiger partial charge < -0.3 is 9.84 Å². The summed E-state index contributed by atoms with van der Waals surface area (Å²) in [5.74, 6) is -1.03. The van der Waals surface area contributed by atoms with E-state index in [-0.39, 0.29) is 11.5 Å². The summed E-state index contributed by atoms with van der Waals surface area (Å²) < 4.78 is 33.5. The summed E-state index contributed by atoms with van der Waals surface area (Å²) in [6.07, 6.45) is 0. The number of phenolic OH excluding ortho intramolecular Hbond substituents is 1. The summed E-state index contributed by atoms with van der Waals surface area (Å²) in [7, 11) is -4.17. The van der Waals surface area contributed by atoms with Gasteiger partial charge in [0, 0.05) is 0 Å². The molecule has 0 fully saturated rings. The molecule has 13 heavy (non-hydrogen) atoms. The Balaban J connectivity index is 2.71.